The molecular formula is C11H15BrN2O3. The molecule has 0 aliphatic carbocycles. The van der Waals surface area contributed by atoms with Gasteiger partial charge in [0.2, 0.25) is 5.88 Å². The third-order valence-electron chi connectivity index (χ3n) is 1.96. The third kappa shape index (κ3) is 4.70. The number of alkyl halides is 1. The van der Waals surface area contributed by atoms with Crippen molar-refractivity contribution < 1.29 is 14.3 Å². The molecule has 5 nitrogen and oxygen atoms in total. The van der Waals surface area contributed by atoms with Crippen LogP contribution >= 0.6 is 15.9 Å². The predicted octanol–water partition coefficient (Wildman–Crippen LogP) is 1.23. The van der Waals surface area contributed by atoms with E-state index in [1.54, 1.807) is 18.3 Å². The van der Waals surface area contributed by atoms with Crippen LogP contribution < -0.4 is 10.1 Å². The third-order valence-corrected chi connectivity index (χ3v) is 2.29. The molecule has 1 aromatic heterocycles. The quantitative estimate of drug-likeness (QED) is 0.608. The first-order valence-electron chi connectivity index (χ1n) is 5.20. The summed E-state index contributed by atoms with van der Waals surface area (Å²) in [7, 11) is 1.48. The lowest BCUT2D eigenvalue weighted by Crippen LogP contribution is -2.28. The van der Waals surface area contributed by atoms with Crippen LogP contribution in [0.1, 0.15) is 10.4 Å². The van der Waals surface area contributed by atoms with Gasteiger partial charge in [0, 0.05) is 18.1 Å². The Bertz CT molecular complexity index is 360. The van der Waals surface area contributed by atoms with Crippen molar-refractivity contribution in [1.82, 2.24) is 10.3 Å². The average Bonchev–Trinajstić information content (AvgIpc) is 2.38. The van der Waals surface area contributed by atoms with E-state index in [0.29, 0.717) is 31.2 Å². The number of carbonyl (C=O) groups is 1. The summed E-state index contributed by atoms with van der Waals surface area (Å²) in [6.45, 7) is 1.58. The van der Waals surface area contributed by atoms with Crippen molar-refractivity contribution in [3.05, 3.63) is 23.9 Å². The van der Waals surface area contributed by atoms with Crippen molar-refractivity contribution >= 4 is 21.8 Å². The summed E-state index contributed by atoms with van der Waals surface area (Å²) < 4.78 is 10.2. The van der Waals surface area contributed by atoms with E-state index in [1.807, 2.05) is 0 Å². The number of ether oxygens (including phenoxy) is 2. The van der Waals surface area contributed by atoms with Crippen LogP contribution in [0, 0.1) is 0 Å². The van der Waals surface area contributed by atoms with Gasteiger partial charge >= 0.3 is 0 Å². The minimum atomic E-state index is -0.211. The zero-order valence-corrected chi connectivity index (χ0v) is 11.2. The highest BCUT2D eigenvalue weighted by molar-refractivity contribution is 9.09. The van der Waals surface area contributed by atoms with E-state index < -0.39 is 0 Å². The molecule has 6 heteroatoms. The molecule has 94 valence electrons. The molecule has 0 atom stereocenters. The zero-order chi connectivity index (χ0) is 12.5. The van der Waals surface area contributed by atoms with Gasteiger partial charge in [-0.15, -0.1) is 0 Å². The van der Waals surface area contributed by atoms with Gasteiger partial charge in [-0.05, 0) is 12.1 Å². The Morgan fingerprint density at radius 2 is 2.35 bits per heavy atom. The van der Waals surface area contributed by atoms with Crippen LogP contribution in [0.25, 0.3) is 0 Å². The fraction of sp³-hybridized carbons (Fsp3) is 0.455. The molecule has 1 heterocycles. The monoisotopic (exact) mass is 302 g/mol. The van der Waals surface area contributed by atoms with E-state index in [4.69, 9.17) is 9.47 Å². The first-order chi connectivity index (χ1) is 8.29. The molecule has 0 spiro atoms. The van der Waals surface area contributed by atoms with Gasteiger partial charge in [0.25, 0.3) is 5.91 Å². The van der Waals surface area contributed by atoms with E-state index in [1.165, 1.54) is 7.11 Å². The van der Waals surface area contributed by atoms with Gasteiger partial charge in [0.15, 0.2) is 0 Å². The minimum Gasteiger partial charge on any atom is -0.480 e. The maximum absolute atomic E-state index is 11.8. The lowest BCUT2D eigenvalue weighted by Gasteiger charge is -2.08. The van der Waals surface area contributed by atoms with E-state index >= 15 is 0 Å². The molecule has 0 saturated carbocycles. The normalized spacial score (nSPS) is 10.0. The Kier molecular flexibility index (Phi) is 6.57. The zero-order valence-electron chi connectivity index (χ0n) is 9.61. The Balaban J connectivity index is 2.41. The molecule has 0 saturated heterocycles. The Labute approximate surface area is 109 Å². The van der Waals surface area contributed by atoms with Gasteiger partial charge < -0.3 is 14.8 Å². The van der Waals surface area contributed by atoms with Gasteiger partial charge in [-0.25, -0.2) is 4.98 Å². The predicted molar refractivity (Wildman–Crippen MR) is 67.7 cm³/mol. The summed E-state index contributed by atoms with van der Waals surface area (Å²) in [5.41, 5.74) is 0.426. The number of halogens is 1. The van der Waals surface area contributed by atoms with Crippen LogP contribution in [-0.4, -0.2) is 43.1 Å². The summed E-state index contributed by atoms with van der Waals surface area (Å²) in [5, 5.41) is 3.52. The maximum Gasteiger partial charge on any atom is 0.256 e. The van der Waals surface area contributed by atoms with Crippen LogP contribution in [0.4, 0.5) is 0 Å². The number of amides is 1. The molecule has 1 amide bonds. The molecular weight excluding hydrogens is 288 g/mol. The van der Waals surface area contributed by atoms with E-state index in [2.05, 4.69) is 26.2 Å². The average molecular weight is 303 g/mol. The van der Waals surface area contributed by atoms with Gasteiger partial charge in [0.1, 0.15) is 5.56 Å². The number of hydrogen-bond acceptors (Lipinski definition) is 4. The summed E-state index contributed by atoms with van der Waals surface area (Å²) in [6.07, 6.45) is 1.58. The second-order valence-corrected chi connectivity index (χ2v) is 3.91. The van der Waals surface area contributed by atoms with Crippen molar-refractivity contribution in [2.45, 2.75) is 0 Å². The van der Waals surface area contributed by atoms with E-state index in [0.717, 1.165) is 5.33 Å². The van der Waals surface area contributed by atoms with Crippen LogP contribution in [0.5, 0.6) is 5.88 Å². The number of rotatable bonds is 7. The number of pyridine rings is 1. The molecule has 1 rings (SSSR count). The molecule has 1 aromatic rings. The number of nitrogens with one attached hydrogen (secondary N) is 1. The molecule has 0 fully saturated rings. The van der Waals surface area contributed by atoms with Crippen molar-refractivity contribution in [3.63, 3.8) is 0 Å². The molecule has 0 aromatic carbocycles. The number of nitrogens with zero attached hydrogens (tertiary/aromatic N) is 1. The second-order valence-electron chi connectivity index (χ2n) is 3.12. The van der Waals surface area contributed by atoms with Gasteiger partial charge in [-0.1, -0.05) is 15.9 Å². The van der Waals surface area contributed by atoms with Gasteiger partial charge in [-0.2, -0.15) is 0 Å². The number of hydrogen-bond donors (Lipinski definition) is 1. The lowest BCUT2D eigenvalue weighted by molar-refractivity contribution is 0.0920. The van der Waals surface area contributed by atoms with Crippen LogP contribution in [0.2, 0.25) is 0 Å². The highest BCUT2D eigenvalue weighted by Gasteiger charge is 2.11. The number of carbonyl (C=O) groups excluding carboxylic acids is 1. The Morgan fingerprint density at radius 1 is 1.53 bits per heavy atom. The number of aromatic nitrogens is 1. The standard InChI is InChI=1S/C11H15BrN2O3/c1-16-11-9(3-2-5-14-11)10(15)13-6-8-17-7-4-12/h2-3,5H,4,6-8H2,1H3,(H,13,15). The van der Waals surface area contributed by atoms with Crippen molar-refractivity contribution in [2.24, 2.45) is 0 Å². The summed E-state index contributed by atoms with van der Waals surface area (Å²) in [5.74, 6) is 0.115. The Hall–Kier alpha value is -1.14. The maximum atomic E-state index is 11.8. The van der Waals surface area contributed by atoms with Crippen molar-refractivity contribution in [3.8, 4) is 5.88 Å². The molecule has 0 aliphatic rings. The van der Waals surface area contributed by atoms with Crippen LogP contribution in [-0.2, 0) is 4.74 Å². The highest BCUT2D eigenvalue weighted by atomic mass is 79.9. The highest BCUT2D eigenvalue weighted by Crippen LogP contribution is 2.12. The van der Waals surface area contributed by atoms with E-state index in [9.17, 15) is 4.79 Å². The second kappa shape index (κ2) is 8.03. The largest absolute Gasteiger partial charge is 0.480 e. The molecule has 0 unspecified atom stereocenters. The topological polar surface area (TPSA) is 60.5 Å². The summed E-state index contributed by atoms with van der Waals surface area (Å²) in [4.78, 5) is 15.7. The Morgan fingerprint density at radius 3 is 3.06 bits per heavy atom. The van der Waals surface area contributed by atoms with E-state index in [-0.39, 0.29) is 5.91 Å². The molecule has 1 N–H and O–H groups in total. The fourth-order valence-corrected chi connectivity index (χ4v) is 1.44. The molecule has 17 heavy (non-hydrogen) atoms. The number of methoxy groups -OCH3 is 1. The summed E-state index contributed by atoms with van der Waals surface area (Å²) >= 11 is 3.25. The first kappa shape index (κ1) is 13.9. The van der Waals surface area contributed by atoms with Crippen LogP contribution in [0.3, 0.4) is 0 Å². The minimum absolute atomic E-state index is 0.211. The smallest absolute Gasteiger partial charge is 0.256 e. The van der Waals surface area contributed by atoms with Crippen molar-refractivity contribution in [2.75, 3.05) is 32.2 Å². The first-order valence-corrected chi connectivity index (χ1v) is 6.32. The molecule has 0 aliphatic heterocycles. The molecule has 0 radical (unpaired) electrons. The van der Waals surface area contributed by atoms with Gasteiger partial charge in [-0.3, -0.25) is 4.79 Å². The summed E-state index contributed by atoms with van der Waals surface area (Å²) in [6, 6.07) is 3.36. The molecule has 0 bridgehead atoms. The fourth-order valence-electron chi connectivity index (χ4n) is 1.21. The van der Waals surface area contributed by atoms with Gasteiger partial charge in [0.05, 0.1) is 20.3 Å². The van der Waals surface area contributed by atoms with Crippen LogP contribution in [0.15, 0.2) is 18.3 Å². The SMILES string of the molecule is COc1ncccc1C(=O)NCCOCCBr. The lowest BCUT2D eigenvalue weighted by atomic mass is 10.2. The van der Waals surface area contributed by atoms with Crippen molar-refractivity contribution in [1.29, 1.82) is 0 Å².